The highest BCUT2D eigenvalue weighted by atomic mass is 16.2. The predicted octanol–water partition coefficient (Wildman–Crippen LogP) is 2.09. The van der Waals surface area contributed by atoms with Gasteiger partial charge in [0.1, 0.15) is 0 Å². The van der Waals surface area contributed by atoms with E-state index < -0.39 is 0 Å². The van der Waals surface area contributed by atoms with Gasteiger partial charge in [-0.25, -0.2) is 9.67 Å². The fourth-order valence-corrected chi connectivity index (χ4v) is 2.95. The van der Waals surface area contributed by atoms with Gasteiger partial charge in [-0.05, 0) is 31.2 Å². The van der Waals surface area contributed by atoms with Crippen molar-refractivity contribution in [1.29, 1.82) is 0 Å². The lowest BCUT2D eigenvalue weighted by molar-refractivity contribution is 0.0936. The molecule has 7 heteroatoms. The van der Waals surface area contributed by atoms with Crippen molar-refractivity contribution >= 4 is 27.7 Å². The Bertz CT molecular complexity index is 1160. The maximum Gasteiger partial charge on any atom is 0.274 e. The van der Waals surface area contributed by atoms with Crippen molar-refractivity contribution in [2.75, 3.05) is 0 Å². The van der Waals surface area contributed by atoms with Crippen molar-refractivity contribution in [2.24, 2.45) is 0 Å². The van der Waals surface area contributed by atoms with Crippen LogP contribution in [-0.4, -0.2) is 31.7 Å². The van der Waals surface area contributed by atoms with Crippen LogP contribution in [0, 0.1) is 0 Å². The van der Waals surface area contributed by atoms with Gasteiger partial charge in [-0.1, -0.05) is 18.2 Å². The SMILES string of the molecule is CC(Cn1ncc2ccccc2c1=O)NC(=O)c1ccc2nc[nH]c2c1. The van der Waals surface area contributed by atoms with E-state index in [2.05, 4.69) is 20.4 Å². The summed E-state index contributed by atoms with van der Waals surface area (Å²) in [6, 6.07) is 12.3. The third-order valence-electron chi connectivity index (χ3n) is 4.27. The molecule has 0 aliphatic heterocycles. The summed E-state index contributed by atoms with van der Waals surface area (Å²) in [5, 5.41) is 8.52. The number of aromatic amines is 1. The van der Waals surface area contributed by atoms with Crippen molar-refractivity contribution < 1.29 is 4.79 Å². The maximum absolute atomic E-state index is 12.5. The number of imidazole rings is 1. The van der Waals surface area contributed by atoms with Crippen molar-refractivity contribution in [2.45, 2.75) is 19.5 Å². The molecule has 2 N–H and O–H groups in total. The van der Waals surface area contributed by atoms with Crippen molar-refractivity contribution in [3.05, 3.63) is 70.9 Å². The Kier molecular flexibility index (Phi) is 3.96. The van der Waals surface area contributed by atoms with Crippen LogP contribution in [0.15, 0.2) is 59.8 Å². The Morgan fingerprint density at radius 2 is 2.12 bits per heavy atom. The predicted molar refractivity (Wildman–Crippen MR) is 99.0 cm³/mol. The van der Waals surface area contributed by atoms with Crippen LogP contribution < -0.4 is 10.9 Å². The molecule has 26 heavy (non-hydrogen) atoms. The van der Waals surface area contributed by atoms with Gasteiger partial charge in [-0.15, -0.1) is 0 Å². The summed E-state index contributed by atoms with van der Waals surface area (Å²) in [6.45, 7) is 2.14. The third kappa shape index (κ3) is 2.95. The standard InChI is InChI=1S/C19H17N5O2/c1-12(10-24-19(26)15-5-3-2-4-14(15)9-22-24)23-18(25)13-6-7-16-17(8-13)21-11-20-16/h2-9,11-12H,10H2,1H3,(H,20,21)(H,23,25). The van der Waals surface area contributed by atoms with Gasteiger partial charge in [0.2, 0.25) is 0 Å². The number of hydrogen-bond acceptors (Lipinski definition) is 4. The van der Waals surface area contributed by atoms with E-state index >= 15 is 0 Å². The van der Waals surface area contributed by atoms with Crippen LogP contribution in [-0.2, 0) is 6.54 Å². The van der Waals surface area contributed by atoms with Gasteiger partial charge in [0, 0.05) is 17.0 Å². The van der Waals surface area contributed by atoms with E-state index in [1.54, 1.807) is 36.8 Å². The number of fused-ring (bicyclic) bond motifs is 2. The molecule has 2 aromatic carbocycles. The summed E-state index contributed by atoms with van der Waals surface area (Å²) < 4.78 is 1.38. The molecular weight excluding hydrogens is 330 g/mol. The Morgan fingerprint density at radius 3 is 3.00 bits per heavy atom. The fraction of sp³-hybridized carbons (Fsp3) is 0.158. The fourth-order valence-electron chi connectivity index (χ4n) is 2.95. The Labute approximate surface area is 148 Å². The maximum atomic E-state index is 12.5. The number of carbonyl (C=O) groups is 1. The first-order valence-electron chi connectivity index (χ1n) is 8.31. The van der Waals surface area contributed by atoms with E-state index in [0.717, 1.165) is 16.4 Å². The van der Waals surface area contributed by atoms with Crippen molar-refractivity contribution in [1.82, 2.24) is 25.1 Å². The molecule has 4 aromatic rings. The average molecular weight is 347 g/mol. The lowest BCUT2D eigenvalue weighted by Crippen LogP contribution is -2.39. The normalized spacial score (nSPS) is 12.3. The molecule has 0 saturated heterocycles. The smallest absolute Gasteiger partial charge is 0.274 e. The molecule has 1 unspecified atom stereocenters. The number of nitrogens with one attached hydrogen (secondary N) is 2. The summed E-state index contributed by atoms with van der Waals surface area (Å²) in [7, 11) is 0. The highest BCUT2D eigenvalue weighted by molar-refractivity contribution is 5.97. The van der Waals surface area contributed by atoms with Gasteiger partial charge < -0.3 is 10.3 Å². The molecule has 0 aliphatic rings. The van der Waals surface area contributed by atoms with Gasteiger partial charge in [0.25, 0.3) is 11.5 Å². The zero-order valence-corrected chi connectivity index (χ0v) is 14.1. The van der Waals surface area contributed by atoms with Crippen LogP contribution in [0.2, 0.25) is 0 Å². The molecule has 2 heterocycles. The van der Waals surface area contributed by atoms with Crippen LogP contribution in [0.1, 0.15) is 17.3 Å². The van der Waals surface area contributed by atoms with E-state index in [1.807, 2.05) is 25.1 Å². The van der Waals surface area contributed by atoms with Crippen LogP contribution in [0.3, 0.4) is 0 Å². The second-order valence-electron chi connectivity index (χ2n) is 6.23. The van der Waals surface area contributed by atoms with Gasteiger partial charge in [0.05, 0.1) is 35.5 Å². The van der Waals surface area contributed by atoms with Crippen LogP contribution >= 0.6 is 0 Å². The molecule has 0 fully saturated rings. The van der Waals surface area contributed by atoms with E-state index in [-0.39, 0.29) is 17.5 Å². The van der Waals surface area contributed by atoms with Crippen LogP contribution in [0.25, 0.3) is 21.8 Å². The molecule has 1 amide bonds. The minimum absolute atomic E-state index is 0.164. The quantitative estimate of drug-likeness (QED) is 0.591. The lowest BCUT2D eigenvalue weighted by atomic mass is 10.1. The summed E-state index contributed by atoms with van der Waals surface area (Å²) >= 11 is 0. The zero-order valence-electron chi connectivity index (χ0n) is 14.1. The van der Waals surface area contributed by atoms with Gasteiger partial charge in [0.15, 0.2) is 0 Å². The molecule has 0 saturated carbocycles. The molecule has 0 aliphatic carbocycles. The Morgan fingerprint density at radius 1 is 1.27 bits per heavy atom. The summed E-state index contributed by atoms with van der Waals surface area (Å²) in [6.07, 6.45) is 3.25. The molecule has 4 rings (SSSR count). The molecule has 1 atom stereocenters. The van der Waals surface area contributed by atoms with E-state index in [4.69, 9.17) is 0 Å². The van der Waals surface area contributed by atoms with Crippen molar-refractivity contribution in [3.63, 3.8) is 0 Å². The number of aromatic nitrogens is 4. The third-order valence-corrected chi connectivity index (χ3v) is 4.27. The number of carbonyl (C=O) groups excluding carboxylic acids is 1. The Balaban J connectivity index is 1.51. The van der Waals surface area contributed by atoms with E-state index in [0.29, 0.717) is 17.5 Å². The van der Waals surface area contributed by atoms with E-state index in [9.17, 15) is 9.59 Å². The molecule has 0 bridgehead atoms. The Hall–Kier alpha value is -3.48. The molecule has 2 aromatic heterocycles. The molecule has 0 spiro atoms. The minimum atomic E-state index is -0.258. The summed E-state index contributed by atoms with van der Waals surface area (Å²) in [4.78, 5) is 32.1. The zero-order chi connectivity index (χ0) is 18.1. The molecule has 0 radical (unpaired) electrons. The monoisotopic (exact) mass is 347 g/mol. The molecular formula is C19H17N5O2. The van der Waals surface area contributed by atoms with E-state index in [1.165, 1.54) is 4.68 Å². The van der Waals surface area contributed by atoms with Gasteiger partial charge >= 0.3 is 0 Å². The lowest BCUT2D eigenvalue weighted by Gasteiger charge is -2.15. The molecule has 130 valence electrons. The topological polar surface area (TPSA) is 92.7 Å². The number of hydrogen-bond donors (Lipinski definition) is 2. The number of H-pyrrole nitrogens is 1. The molecule has 7 nitrogen and oxygen atoms in total. The van der Waals surface area contributed by atoms with Crippen molar-refractivity contribution in [3.8, 4) is 0 Å². The second-order valence-corrected chi connectivity index (χ2v) is 6.23. The van der Waals surface area contributed by atoms with Gasteiger partial charge in [-0.2, -0.15) is 5.10 Å². The summed E-state index contributed by atoms with van der Waals surface area (Å²) in [5.41, 5.74) is 1.98. The van der Waals surface area contributed by atoms with Crippen LogP contribution in [0.4, 0.5) is 0 Å². The highest BCUT2D eigenvalue weighted by Gasteiger charge is 2.13. The number of rotatable bonds is 4. The summed E-state index contributed by atoms with van der Waals surface area (Å²) in [5.74, 6) is -0.206. The number of amides is 1. The first-order valence-corrected chi connectivity index (χ1v) is 8.31. The number of benzene rings is 2. The number of nitrogens with zero attached hydrogens (tertiary/aromatic N) is 3. The minimum Gasteiger partial charge on any atom is -0.348 e. The van der Waals surface area contributed by atoms with Crippen LogP contribution in [0.5, 0.6) is 0 Å². The first-order chi connectivity index (χ1) is 12.6. The first kappa shape index (κ1) is 16.0. The largest absolute Gasteiger partial charge is 0.348 e. The van der Waals surface area contributed by atoms with Gasteiger partial charge in [-0.3, -0.25) is 9.59 Å². The second kappa shape index (κ2) is 6.44. The average Bonchev–Trinajstić information content (AvgIpc) is 3.12. The highest BCUT2D eigenvalue weighted by Crippen LogP contribution is 2.12.